The highest BCUT2D eigenvalue weighted by molar-refractivity contribution is 8.11. The van der Waals surface area contributed by atoms with Gasteiger partial charge in [-0.1, -0.05) is 36.4 Å². The van der Waals surface area contributed by atoms with Crippen molar-refractivity contribution >= 4 is 31.2 Å². The minimum atomic E-state index is -4.08. The fourth-order valence-corrected chi connectivity index (χ4v) is 5.54. The largest absolute Gasteiger partial charge is 0.453 e. The van der Waals surface area contributed by atoms with Crippen LogP contribution < -0.4 is 0 Å². The van der Waals surface area contributed by atoms with E-state index in [1.807, 2.05) is 0 Å². The Kier molecular flexibility index (Phi) is 6.24. The van der Waals surface area contributed by atoms with Gasteiger partial charge in [0, 0.05) is 4.90 Å². The Labute approximate surface area is 144 Å². The Morgan fingerprint density at radius 3 is 1.92 bits per heavy atom. The van der Waals surface area contributed by atoms with E-state index < -0.39 is 31.2 Å². The lowest BCUT2D eigenvalue weighted by atomic mass is 10.4. The second-order valence-electron chi connectivity index (χ2n) is 4.36. The first-order valence-electron chi connectivity index (χ1n) is 6.79. The molecule has 0 aliphatic carbocycles. The Morgan fingerprint density at radius 1 is 0.917 bits per heavy atom. The van der Waals surface area contributed by atoms with E-state index in [0.717, 1.165) is 0 Å². The fraction of sp³-hybridized carbons (Fsp3) is 0.143. The van der Waals surface area contributed by atoms with Crippen LogP contribution in [-0.4, -0.2) is 23.4 Å². The maximum Gasteiger partial charge on any atom is 0.288 e. The van der Waals surface area contributed by atoms with Gasteiger partial charge in [-0.25, -0.2) is 8.42 Å². The van der Waals surface area contributed by atoms with E-state index in [9.17, 15) is 16.8 Å². The SMILES string of the molecule is CCOS(=NS(=O)(=O)c1ccccc1)[N-]S(=O)(=O)c1ccccc1. The second-order valence-corrected chi connectivity index (χ2v) is 9.10. The summed E-state index contributed by atoms with van der Waals surface area (Å²) in [7, 11) is -8.16. The molecule has 0 fully saturated rings. The third kappa shape index (κ3) is 4.95. The minimum absolute atomic E-state index is 0.0602. The van der Waals surface area contributed by atoms with E-state index >= 15 is 0 Å². The predicted octanol–water partition coefficient (Wildman–Crippen LogP) is 2.81. The molecule has 7 nitrogen and oxygen atoms in total. The summed E-state index contributed by atoms with van der Waals surface area (Å²) in [4.78, 5) is -0.121. The summed E-state index contributed by atoms with van der Waals surface area (Å²) in [6, 6.07) is 14.9. The first kappa shape index (κ1) is 18.7. The molecular weight excluding hydrogens is 372 g/mol. The Hall–Kier alpha value is -1.59. The smallest absolute Gasteiger partial charge is 0.288 e. The Balaban J connectivity index is 2.36. The molecular formula is C14H15N2O5S3-. The normalized spacial score (nSPS) is 13.7. The van der Waals surface area contributed by atoms with Gasteiger partial charge < -0.3 is 8.31 Å². The molecule has 0 radical (unpaired) electrons. The van der Waals surface area contributed by atoms with Gasteiger partial charge in [0.15, 0.2) is 0 Å². The molecule has 0 amide bonds. The van der Waals surface area contributed by atoms with Crippen molar-refractivity contribution in [2.75, 3.05) is 6.61 Å². The molecule has 24 heavy (non-hydrogen) atoms. The van der Waals surface area contributed by atoms with Crippen molar-refractivity contribution in [1.82, 2.24) is 0 Å². The topological polar surface area (TPSA) is 104 Å². The molecule has 130 valence electrons. The molecule has 2 rings (SSSR count). The number of benzene rings is 2. The van der Waals surface area contributed by atoms with Crippen LogP contribution in [0.1, 0.15) is 6.92 Å². The molecule has 0 saturated carbocycles. The van der Waals surface area contributed by atoms with Crippen LogP contribution in [0.25, 0.3) is 4.13 Å². The van der Waals surface area contributed by atoms with E-state index in [4.69, 9.17) is 4.18 Å². The molecule has 10 heteroatoms. The first-order chi connectivity index (χ1) is 11.3. The molecule has 2 aromatic rings. The van der Waals surface area contributed by atoms with Gasteiger partial charge in [0.05, 0.1) is 11.5 Å². The molecule has 0 aliphatic rings. The summed E-state index contributed by atoms with van der Waals surface area (Å²) in [6.07, 6.45) is 0. The van der Waals surface area contributed by atoms with Crippen molar-refractivity contribution < 1.29 is 21.0 Å². The van der Waals surface area contributed by atoms with E-state index in [-0.39, 0.29) is 16.4 Å². The van der Waals surface area contributed by atoms with Crippen LogP contribution in [0, 0.1) is 0 Å². The van der Waals surface area contributed by atoms with Crippen LogP contribution in [0.5, 0.6) is 0 Å². The van der Waals surface area contributed by atoms with Crippen LogP contribution in [0.15, 0.2) is 74.2 Å². The number of sulfonamides is 2. The zero-order valence-electron chi connectivity index (χ0n) is 12.6. The van der Waals surface area contributed by atoms with E-state index in [2.05, 4.69) is 7.90 Å². The second kappa shape index (κ2) is 7.99. The summed E-state index contributed by atoms with van der Waals surface area (Å²) in [5.41, 5.74) is 0. The van der Waals surface area contributed by atoms with Gasteiger partial charge in [-0.2, -0.15) is 8.42 Å². The van der Waals surface area contributed by atoms with Crippen molar-refractivity contribution in [3.05, 3.63) is 64.8 Å². The van der Waals surface area contributed by atoms with E-state index in [1.165, 1.54) is 24.3 Å². The molecule has 0 N–H and O–H groups in total. The molecule has 0 aliphatic heterocycles. The lowest BCUT2D eigenvalue weighted by molar-refractivity contribution is 0.396. The highest BCUT2D eigenvalue weighted by atomic mass is 32.3. The highest BCUT2D eigenvalue weighted by Gasteiger charge is 2.13. The summed E-state index contributed by atoms with van der Waals surface area (Å²) >= 11 is -1.99. The van der Waals surface area contributed by atoms with Gasteiger partial charge >= 0.3 is 0 Å². The molecule has 2 aromatic carbocycles. The molecule has 0 heterocycles. The monoisotopic (exact) mass is 387 g/mol. The van der Waals surface area contributed by atoms with Crippen molar-refractivity contribution in [1.29, 1.82) is 0 Å². The van der Waals surface area contributed by atoms with Crippen molar-refractivity contribution in [3.63, 3.8) is 0 Å². The average Bonchev–Trinajstić information content (AvgIpc) is 2.56. The highest BCUT2D eigenvalue weighted by Crippen LogP contribution is 2.22. The molecule has 0 aromatic heterocycles. The third-order valence-electron chi connectivity index (χ3n) is 2.63. The zero-order chi connectivity index (χ0) is 17.6. The summed E-state index contributed by atoms with van der Waals surface area (Å²) < 4.78 is 61.1. The first-order valence-corrected chi connectivity index (χ1v) is 10.7. The van der Waals surface area contributed by atoms with Crippen LogP contribution in [-0.2, 0) is 35.4 Å². The predicted molar refractivity (Wildman–Crippen MR) is 92.0 cm³/mol. The minimum Gasteiger partial charge on any atom is -0.453 e. The lowest BCUT2D eigenvalue weighted by Gasteiger charge is -2.23. The average molecular weight is 387 g/mol. The van der Waals surface area contributed by atoms with E-state index in [0.29, 0.717) is 0 Å². The molecule has 0 spiro atoms. The van der Waals surface area contributed by atoms with Crippen molar-refractivity contribution in [2.24, 2.45) is 3.77 Å². The van der Waals surface area contributed by atoms with Crippen LogP contribution in [0.3, 0.4) is 0 Å². The molecule has 0 saturated heterocycles. The Morgan fingerprint density at radius 2 is 1.42 bits per heavy atom. The maximum absolute atomic E-state index is 12.2. The number of hydrogen-bond donors (Lipinski definition) is 0. The van der Waals surface area contributed by atoms with E-state index in [1.54, 1.807) is 43.3 Å². The third-order valence-corrected chi connectivity index (χ3v) is 7.40. The maximum atomic E-state index is 12.2. The molecule has 1 unspecified atom stereocenters. The van der Waals surface area contributed by atoms with Gasteiger partial charge in [0.2, 0.25) is 0 Å². The van der Waals surface area contributed by atoms with Crippen LogP contribution >= 0.6 is 0 Å². The number of rotatable bonds is 7. The molecule has 0 bridgehead atoms. The van der Waals surface area contributed by atoms with Crippen LogP contribution in [0.4, 0.5) is 0 Å². The van der Waals surface area contributed by atoms with Gasteiger partial charge in [-0.15, -0.1) is 3.77 Å². The quantitative estimate of drug-likeness (QED) is 0.726. The van der Waals surface area contributed by atoms with Crippen LogP contribution in [0.2, 0.25) is 0 Å². The van der Waals surface area contributed by atoms with Gasteiger partial charge in [-0.05, 0) is 42.3 Å². The summed E-state index contributed by atoms with van der Waals surface area (Å²) in [5.74, 6) is 0. The van der Waals surface area contributed by atoms with Gasteiger partial charge in [0.25, 0.3) is 10.0 Å². The van der Waals surface area contributed by atoms with Gasteiger partial charge in [0.1, 0.15) is 10.0 Å². The van der Waals surface area contributed by atoms with Crippen molar-refractivity contribution in [2.45, 2.75) is 16.7 Å². The Bertz CT molecular complexity index is 911. The number of nitrogens with zero attached hydrogens (tertiary/aromatic N) is 2. The fourth-order valence-electron chi connectivity index (χ4n) is 1.60. The lowest BCUT2D eigenvalue weighted by Crippen LogP contribution is -2.07. The summed E-state index contributed by atoms with van der Waals surface area (Å²) in [6.45, 7) is 1.65. The van der Waals surface area contributed by atoms with Gasteiger partial charge in [-0.3, -0.25) is 0 Å². The summed E-state index contributed by atoms with van der Waals surface area (Å²) in [5, 5.41) is 0. The standard InChI is InChI=1S/C14H15N2O5S3/c1-2-21-22(15-23(17,18)13-9-5-3-6-10-13)16-24(19,20)14-11-7-4-8-12-14/h3-12H,2H2,1H3/q-1. The van der Waals surface area contributed by atoms with Crippen molar-refractivity contribution in [3.8, 4) is 0 Å². The molecule has 1 atom stereocenters. The zero-order valence-corrected chi connectivity index (χ0v) is 15.1. The number of hydrogen-bond acceptors (Lipinski definition) is 5.